The Morgan fingerprint density at radius 3 is 2.38 bits per heavy atom. The van der Waals surface area contributed by atoms with Gasteiger partial charge in [0, 0.05) is 6.20 Å². The second kappa shape index (κ2) is 3.05. The molecule has 0 saturated heterocycles. The van der Waals surface area contributed by atoms with Gasteiger partial charge in [-0.15, -0.1) is 0 Å². The third-order valence-corrected chi connectivity index (χ3v) is 0.727. The first kappa shape index (κ1) is 6.99. The largest absolute Gasteiger partial charge is 0.403 e. The first-order chi connectivity index (χ1) is 3.72. The lowest BCUT2D eigenvalue weighted by atomic mass is 10.3. The van der Waals surface area contributed by atoms with Crippen molar-refractivity contribution in [2.24, 2.45) is 5.73 Å². The number of allylic oxidation sites excluding steroid dienone is 1. The fourth-order valence-corrected chi connectivity index (χ4v) is 0.265. The van der Waals surface area contributed by atoms with E-state index in [2.05, 4.69) is 0 Å². The maximum absolute atomic E-state index is 8.07. The molecule has 0 radical (unpaired) electrons. The van der Waals surface area contributed by atoms with E-state index >= 15 is 0 Å². The predicted octanol–water partition coefficient (Wildman–Crippen LogP) is 0.569. The summed E-state index contributed by atoms with van der Waals surface area (Å²) < 4.78 is 0. The van der Waals surface area contributed by atoms with Crippen molar-refractivity contribution in [3.8, 4) is 6.07 Å². The molecular formula is C4H4ClN3. The zero-order valence-corrected chi connectivity index (χ0v) is 4.74. The van der Waals surface area contributed by atoms with Crippen molar-refractivity contribution in [3.63, 3.8) is 0 Å². The highest BCUT2D eigenvalue weighted by atomic mass is 35.5. The van der Waals surface area contributed by atoms with Crippen LogP contribution in [0.5, 0.6) is 0 Å². The Hall–Kier alpha value is -1.01. The van der Waals surface area contributed by atoms with E-state index in [4.69, 9.17) is 28.0 Å². The molecule has 42 valence electrons. The Balaban J connectivity index is 4.20. The molecule has 3 N–H and O–H groups in total. The molecule has 0 aliphatic carbocycles. The molecule has 0 saturated carbocycles. The van der Waals surface area contributed by atoms with Crippen LogP contribution in [0.25, 0.3) is 0 Å². The summed E-state index contributed by atoms with van der Waals surface area (Å²) in [5.41, 5.74) is 4.87. The number of hydrogen-bond acceptors (Lipinski definition) is 3. The molecule has 4 heteroatoms. The molecule has 0 aliphatic heterocycles. The van der Waals surface area contributed by atoms with Gasteiger partial charge in [0.05, 0.1) is 0 Å². The molecule has 3 nitrogen and oxygen atoms in total. The standard InChI is InChI=1S/C4H4ClN3/c5-4(8)3(1-6)2-7/h1,8H,6H2/b3-1-,8-4?. The SMILES string of the molecule is N#C/C(=C/N)C(=N)Cl. The van der Waals surface area contributed by atoms with Crippen LogP contribution in [0, 0.1) is 16.7 Å². The minimum absolute atomic E-state index is 0.00772. The molecular weight excluding hydrogens is 126 g/mol. The van der Waals surface area contributed by atoms with Crippen LogP contribution in [-0.4, -0.2) is 5.17 Å². The Morgan fingerprint density at radius 2 is 2.38 bits per heavy atom. The monoisotopic (exact) mass is 129 g/mol. The van der Waals surface area contributed by atoms with Crippen LogP contribution in [0.15, 0.2) is 11.8 Å². The Morgan fingerprint density at radius 1 is 1.88 bits per heavy atom. The van der Waals surface area contributed by atoms with Crippen molar-refractivity contribution in [1.82, 2.24) is 0 Å². The van der Waals surface area contributed by atoms with E-state index in [0.29, 0.717) is 0 Å². The van der Waals surface area contributed by atoms with Crippen LogP contribution in [0.3, 0.4) is 0 Å². The molecule has 0 aromatic rings. The van der Waals surface area contributed by atoms with Crippen LogP contribution < -0.4 is 5.73 Å². The summed E-state index contributed by atoms with van der Waals surface area (Å²) in [4.78, 5) is 0. The molecule has 0 amide bonds. The second-order valence-corrected chi connectivity index (χ2v) is 1.38. The van der Waals surface area contributed by atoms with E-state index in [-0.39, 0.29) is 10.7 Å². The van der Waals surface area contributed by atoms with Crippen LogP contribution in [0.2, 0.25) is 0 Å². The average molecular weight is 130 g/mol. The number of halogens is 1. The molecule has 0 unspecified atom stereocenters. The molecule has 0 fully saturated rings. The molecule has 0 spiro atoms. The topological polar surface area (TPSA) is 73.7 Å². The predicted molar refractivity (Wildman–Crippen MR) is 31.5 cm³/mol. The summed E-state index contributed by atoms with van der Waals surface area (Å²) in [6, 6.07) is 1.63. The average Bonchev–Trinajstić information content (AvgIpc) is 1.69. The van der Waals surface area contributed by atoms with Gasteiger partial charge in [-0.1, -0.05) is 11.6 Å². The fourth-order valence-electron chi connectivity index (χ4n) is 0.160. The number of hydrogen-bond donors (Lipinski definition) is 2. The van der Waals surface area contributed by atoms with Crippen LogP contribution in [0.1, 0.15) is 0 Å². The van der Waals surface area contributed by atoms with Gasteiger partial charge in [-0.3, -0.25) is 5.41 Å². The van der Waals surface area contributed by atoms with E-state index in [1.54, 1.807) is 6.07 Å². The molecule has 0 bridgehead atoms. The van der Waals surface area contributed by atoms with Gasteiger partial charge >= 0.3 is 0 Å². The summed E-state index contributed by atoms with van der Waals surface area (Å²) >= 11 is 5.06. The number of nitrogens with two attached hydrogens (primary N) is 1. The van der Waals surface area contributed by atoms with Gasteiger partial charge in [0.1, 0.15) is 16.8 Å². The Labute approximate surface area is 51.9 Å². The zero-order chi connectivity index (χ0) is 6.57. The zero-order valence-electron chi connectivity index (χ0n) is 3.98. The van der Waals surface area contributed by atoms with Crippen LogP contribution in [0.4, 0.5) is 0 Å². The number of rotatable bonds is 1. The molecule has 0 aromatic heterocycles. The molecule has 0 heterocycles. The summed E-state index contributed by atoms with van der Waals surface area (Å²) in [5, 5.41) is 14.4. The lowest BCUT2D eigenvalue weighted by Gasteiger charge is -1.83. The van der Waals surface area contributed by atoms with Gasteiger partial charge in [-0.05, 0) is 0 Å². The van der Waals surface area contributed by atoms with Crippen molar-refractivity contribution in [2.45, 2.75) is 0 Å². The quantitative estimate of drug-likeness (QED) is 0.401. The molecule has 8 heavy (non-hydrogen) atoms. The maximum Gasteiger partial charge on any atom is 0.140 e. The van der Waals surface area contributed by atoms with E-state index in [9.17, 15) is 0 Å². The van der Waals surface area contributed by atoms with E-state index in [1.165, 1.54) is 0 Å². The maximum atomic E-state index is 8.07. The van der Waals surface area contributed by atoms with E-state index in [0.717, 1.165) is 6.20 Å². The van der Waals surface area contributed by atoms with Crippen molar-refractivity contribution in [3.05, 3.63) is 11.8 Å². The van der Waals surface area contributed by atoms with Crippen molar-refractivity contribution in [2.75, 3.05) is 0 Å². The van der Waals surface area contributed by atoms with Crippen molar-refractivity contribution < 1.29 is 0 Å². The Bertz CT molecular complexity index is 165. The van der Waals surface area contributed by atoms with Gasteiger partial charge in [0.2, 0.25) is 0 Å². The highest BCUT2D eigenvalue weighted by molar-refractivity contribution is 6.69. The lowest BCUT2D eigenvalue weighted by molar-refractivity contribution is 1.46. The number of nitriles is 1. The minimum Gasteiger partial charge on any atom is -0.403 e. The summed E-state index contributed by atoms with van der Waals surface area (Å²) in [6.07, 6.45) is 0.995. The van der Waals surface area contributed by atoms with Crippen LogP contribution in [-0.2, 0) is 0 Å². The first-order valence-corrected chi connectivity index (χ1v) is 2.16. The highest BCUT2D eigenvalue weighted by Gasteiger charge is 1.95. The van der Waals surface area contributed by atoms with Gasteiger partial charge < -0.3 is 5.73 Å². The molecule has 0 rings (SSSR count). The van der Waals surface area contributed by atoms with Crippen molar-refractivity contribution in [1.29, 1.82) is 10.7 Å². The third kappa shape index (κ3) is 1.63. The summed E-state index contributed by atoms with van der Waals surface area (Å²) in [6.45, 7) is 0. The molecule has 0 atom stereocenters. The first-order valence-electron chi connectivity index (χ1n) is 1.78. The van der Waals surface area contributed by atoms with Gasteiger partial charge in [0.25, 0.3) is 0 Å². The summed E-state index contributed by atoms with van der Waals surface area (Å²) in [7, 11) is 0. The lowest BCUT2D eigenvalue weighted by Crippen LogP contribution is -1.92. The minimum atomic E-state index is -0.324. The Kier molecular flexibility index (Phi) is 2.67. The fraction of sp³-hybridized carbons (Fsp3) is 0. The van der Waals surface area contributed by atoms with Crippen LogP contribution >= 0.6 is 11.6 Å². The normalized spacial score (nSPS) is 10.2. The van der Waals surface area contributed by atoms with E-state index < -0.39 is 0 Å². The van der Waals surface area contributed by atoms with Gasteiger partial charge in [-0.25, -0.2) is 0 Å². The number of nitrogens with one attached hydrogen (secondary N) is 1. The highest BCUT2D eigenvalue weighted by Crippen LogP contribution is 1.94. The smallest absolute Gasteiger partial charge is 0.140 e. The molecule has 0 aliphatic rings. The summed E-state index contributed by atoms with van der Waals surface area (Å²) in [5.74, 6) is 0. The van der Waals surface area contributed by atoms with Gasteiger partial charge in [0.15, 0.2) is 0 Å². The van der Waals surface area contributed by atoms with Crippen molar-refractivity contribution >= 4 is 16.8 Å². The van der Waals surface area contributed by atoms with Gasteiger partial charge in [-0.2, -0.15) is 5.26 Å². The molecule has 0 aromatic carbocycles. The third-order valence-electron chi connectivity index (χ3n) is 0.524. The number of nitrogens with zero attached hydrogens (tertiary/aromatic N) is 1. The van der Waals surface area contributed by atoms with E-state index in [1.807, 2.05) is 0 Å². The second-order valence-electron chi connectivity index (χ2n) is 1.01.